The maximum Gasteiger partial charge on any atom is 0.270 e. The zero-order valence-corrected chi connectivity index (χ0v) is 11.8. The van der Waals surface area contributed by atoms with Crippen molar-refractivity contribution < 1.29 is 10.0 Å². The molecule has 0 saturated heterocycles. The number of oxime groups is 1. The number of hydrogen-bond donors (Lipinski definition) is 3. The standard InChI is InChI=1S/C12H15BrN4O2/c13-7-4-5-10(15-6-7)12(18)16-9-3-1-2-8(9)11(14)17-19/h4-6,8-9,19H,1-3H2,(H2,14,17)(H,16,18). The summed E-state index contributed by atoms with van der Waals surface area (Å²) in [6, 6.07) is 3.30. The van der Waals surface area contributed by atoms with Crippen molar-refractivity contribution in [2.24, 2.45) is 16.8 Å². The van der Waals surface area contributed by atoms with Gasteiger partial charge in [0.25, 0.3) is 5.91 Å². The van der Waals surface area contributed by atoms with E-state index in [4.69, 9.17) is 10.9 Å². The fraction of sp³-hybridized carbons (Fsp3) is 0.417. The molecule has 1 fully saturated rings. The van der Waals surface area contributed by atoms with Gasteiger partial charge in [-0.1, -0.05) is 11.6 Å². The SMILES string of the molecule is NC(=NO)C1CCCC1NC(=O)c1ccc(Br)cn1. The van der Waals surface area contributed by atoms with Gasteiger partial charge < -0.3 is 16.3 Å². The first-order valence-corrected chi connectivity index (χ1v) is 6.81. The summed E-state index contributed by atoms with van der Waals surface area (Å²) >= 11 is 3.27. The normalized spacial score (nSPS) is 23.3. The first-order chi connectivity index (χ1) is 9.11. The van der Waals surface area contributed by atoms with Crippen LogP contribution in [-0.4, -0.2) is 28.0 Å². The van der Waals surface area contributed by atoms with Crippen molar-refractivity contribution in [2.75, 3.05) is 0 Å². The molecule has 0 bridgehead atoms. The number of halogens is 1. The highest BCUT2D eigenvalue weighted by Gasteiger charge is 2.32. The summed E-state index contributed by atoms with van der Waals surface area (Å²) in [5.74, 6) is -0.175. The molecule has 1 aromatic rings. The number of amides is 1. The van der Waals surface area contributed by atoms with Crippen molar-refractivity contribution >= 4 is 27.7 Å². The number of rotatable bonds is 3. The van der Waals surface area contributed by atoms with Gasteiger partial charge in [0, 0.05) is 22.6 Å². The predicted octanol–water partition coefficient (Wildman–Crippen LogP) is 1.49. The molecule has 0 spiro atoms. The van der Waals surface area contributed by atoms with Crippen LogP contribution in [0.5, 0.6) is 0 Å². The van der Waals surface area contributed by atoms with E-state index in [0.29, 0.717) is 5.69 Å². The van der Waals surface area contributed by atoms with Gasteiger partial charge in [-0.05, 0) is 40.9 Å². The van der Waals surface area contributed by atoms with E-state index in [-0.39, 0.29) is 23.7 Å². The lowest BCUT2D eigenvalue weighted by molar-refractivity contribution is 0.0928. The molecular formula is C12H15BrN4O2. The Morgan fingerprint density at radius 3 is 2.95 bits per heavy atom. The molecule has 7 heteroatoms. The number of nitrogens with zero attached hydrogens (tertiary/aromatic N) is 2. The molecule has 0 aromatic carbocycles. The van der Waals surface area contributed by atoms with Crippen molar-refractivity contribution in [3.63, 3.8) is 0 Å². The number of hydrogen-bond acceptors (Lipinski definition) is 4. The summed E-state index contributed by atoms with van der Waals surface area (Å²) in [4.78, 5) is 16.1. The number of carbonyl (C=O) groups excluding carboxylic acids is 1. The highest BCUT2D eigenvalue weighted by atomic mass is 79.9. The number of amidine groups is 1. The van der Waals surface area contributed by atoms with E-state index in [9.17, 15) is 4.79 Å². The van der Waals surface area contributed by atoms with E-state index in [1.54, 1.807) is 18.3 Å². The lowest BCUT2D eigenvalue weighted by Gasteiger charge is -2.19. The fourth-order valence-corrected chi connectivity index (χ4v) is 2.55. The third-order valence-corrected chi connectivity index (χ3v) is 3.76. The Kier molecular flexibility index (Phi) is 4.36. The molecule has 0 aliphatic heterocycles. The molecule has 19 heavy (non-hydrogen) atoms. The molecule has 1 aliphatic carbocycles. The van der Waals surface area contributed by atoms with Gasteiger partial charge in [-0.25, -0.2) is 4.98 Å². The van der Waals surface area contributed by atoms with Gasteiger partial charge >= 0.3 is 0 Å². The average molecular weight is 327 g/mol. The van der Waals surface area contributed by atoms with Crippen LogP contribution in [0.4, 0.5) is 0 Å². The van der Waals surface area contributed by atoms with Crippen LogP contribution in [0.2, 0.25) is 0 Å². The largest absolute Gasteiger partial charge is 0.409 e. The smallest absolute Gasteiger partial charge is 0.270 e. The van der Waals surface area contributed by atoms with Crippen LogP contribution in [0.3, 0.4) is 0 Å². The molecule has 1 amide bonds. The minimum Gasteiger partial charge on any atom is -0.409 e. The minimum atomic E-state index is -0.241. The summed E-state index contributed by atoms with van der Waals surface area (Å²) in [7, 11) is 0. The van der Waals surface area contributed by atoms with E-state index in [1.165, 1.54) is 0 Å². The molecule has 1 saturated carbocycles. The topological polar surface area (TPSA) is 101 Å². The van der Waals surface area contributed by atoms with Gasteiger partial charge in [-0.3, -0.25) is 4.79 Å². The van der Waals surface area contributed by atoms with Gasteiger partial charge in [0.1, 0.15) is 11.5 Å². The first kappa shape index (κ1) is 13.8. The second kappa shape index (κ2) is 6.01. The number of aromatic nitrogens is 1. The lowest BCUT2D eigenvalue weighted by atomic mass is 10.0. The second-order valence-corrected chi connectivity index (χ2v) is 5.42. The molecule has 102 valence electrons. The number of nitrogens with two attached hydrogens (primary N) is 1. The summed E-state index contributed by atoms with van der Waals surface area (Å²) in [6.07, 6.45) is 4.15. The molecule has 1 heterocycles. The average Bonchev–Trinajstić information content (AvgIpc) is 2.86. The Morgan fingerprint density at radius 2 is 2.32 bits per heavy atom. The van der Waals surface area contributed by atoms with Gasteiger partial charge in [0.15, 0.2) is 0 Å². The quantitative estimate of drug-likeness (QED) is 0.339. The Labute approximate surface area is 119 Å². The Hall–Kier alpha value is -1.63. The third-order valence-electron chi connectivity index (χ3n) is 3.29. The fourth-order valence-electron chi connectivity index (χ4n) is 2.31. The van der Waals surface area contributed by atoms with Crippen LogP contribution < -0.4 is 11.1 Å². The third kappa shape index (κ3) is 3.23. The highest BCUT2D eigenvalue weighted by Crippen LogP contribution is 2.26. The minimum absolute atomic E-state index is 0.103. The molecule has 6 nitrogen and oxygen atoms in total. The van der Waals surface area contributed by atoms with Crippen LogP contribution in [0.15, 0.2) is 28.0 Å². The van der Waals surface area contributed by atoms with Crippen molar-refractivity contribution in [3.05, 3.63) is 28.5 Å². The highest BCUT2D eigenvalue weighted by molar-refractivity contribution is 9.10. The van der Waals surface area contributed by atoms with Gasteiger partial charge in [0.2, 0.25) is 0 Å². The monoisotopic (exact) mass is 326 g/mol. The molecular weight excluding hydrogens is 312 g/mol. The molecule has 4 N–H and O–H groups in total. The van der Waals surface area contributed by atoms with Crippen molar-refractivity contribution in [1.82, 2.24) is 10.3 Å². The van der Waals surface area contributed by atoms with E-state index >= 15 is 0 Å². The Balaban J connectivity index is 2.04. The maximum absolute atomic E-state index is 12.0. The molecule has 0 radical (unpaired) electrons. The van der Waals surface area contributed by atoms with E-state index in [1.807, 2.05) is 0 Å². The van der Waals surface area contributed by atoms with Crippen LogP contribution >= 0.6 is 15.9 Å². The second-order valence-electron chi connectivity index (χ2n) is 4.50. The maximum atomic E-state index is 12.0. The van der Waals surface area contributed by atoms with Gasteiger partial charge in [-0.2, -0.15) is 0 Å². The summed E-state index contributed by atoms with van der Waals surface area (Å²) in [5, 5.41) is 14.7. The summed E-state index contributed by atoms with van der Waals surface area (Å²) in [6.45, 7) is 0. The number of nitrogens with one attached hydrogen (secondary N) is 1. The summed E-state index contributed by atoms with van der Waals surface area (Å²) in [5.41, 5.74) is 5.98. The molecule has 1 aliphatic rings. The number of carbonyl (C=O) groups is 1. The van der Waals surface area contributed by atoms with Gasteiger partial charge in [0.05, 0.1) is 0 Å². The molecule has 2 atom stereocenters. The van der Waals surface area contributed by atoms with E-state index in [0.717, 1.165) is 23.7 Å². The Morgan fingerprint density at radius 1 is 1.53 bits per heavy atom. The molecule has 2 unspecified atom stereocenters. The number of pyridine rings is 1. The van der Waals surface area contributed by atoms with Crippen molar-refractivity contribution in [1.29, 1.82) is 0 Å². The van der Waals surface area contributed by atoms with Gasteiger partial charge in [-0.15, -0.1) is 0 Å². The van der Waals surface area contributed by atoms with Crippen LogP contribution in [-0.2, 0) is 0 Å². The first-order valence-electron chi connectivity index (χ1n) is 6.01. The van der Waals surface area contributed by atoms with E-state index < -0.39 is 0 Å². The molecule has 2 rings (SSSR count). The van der Waals surface area contributed by atoms with Crippen molar-refractivity contribution in [3.8, 4) is 0 Å². The predicted molar refractivity (Wildman–Crippen MR) is 73.9 cm³/mol. The molecule has 1 aromatic heterocycles. The van der Waals surface area contributed by atoms with Crippen LogP contribution in [0.1, 0.15) is 29.8 Å². The van der Waals surface area contributed by atoms with Crippen molar-refractivity contribution in [2.45, 2.75) is 25.3 Å². The lowest BCUT2D eigenvalue weighted by Crippen LogP contribution is -2.42. The van der Waals surface area contributed by atoms with Crippen LogP contribution in [0, 0.1) is 5.92 Å². The zero-order valence-electron chi connectivity index (χ0n) is 10.2. The Bertz CT molecular complexity index is 489. The summed E-state index contributed by atoms with van der Waals surface area (Å²) < 4.78 is 0.819. The van der Waals surface area contributed by atoms with E-state index in [2.05, 4.69) is 31.4 Å². The zero-order chi connectivity index (χ0) is 13.8. The van der Waals surface area contributed by atoms with Crippen LogP contribution in [0.25, 0.3) is 0 Å².